The third-order valence-corrected chi connectivity index (χ3v) is 1.93. The van der Waals surface area contributed by atoms with Crippen molar-refractivity contribution in [2.45, 2.75) is 20.0 Å². The molecule has 0 spiro atoms. The molecule has 0 aliphatic carbocycles. The van der Waals surface area contributed by atoms with Crippen LogP contribution in [0.4, 0.5) is 0 Å². The number of hydrogen-bond acceptors (Lipinski definition) is 3. The summed E-state index contributed by atoms with van der Waals surface area (Å²) in [6.45, 7) is 3.24. The van der Waals surface area contributed by atoms with E-state index in [-0.39, 0.29) is 12.1 Å². The highest BCUT2D eigenvalue weighted by Crippen LogP contribution is 2.19. The number of carbonyl (C=O) groups excluding carboxylic acids is 1. The maximum atomic E-state index is 10.7. The molecule has 0 radical (unpaired) electrons. The van der Waals surface area contributed by atoms with Crippen LogP contribution in [0, 0.1) is 0 Å². The summed E-state index contributed by atoms with van der Waals surface area (Å²) in [5.41, 5.74) is 0.959. The molecule has 0 aliphatic heterocycles. The van der Waals surface area contributed by atoms with Gasteiger partial charge in [0.1, 0.15) is 11.9 Å². The fourth-order valence-corrected chi connectivity index (χ4v) is 1.19. The lowest BCUT2D eigenvalue weighted by atomic mass is 10.1. The van der Waals surface area contributed by atoms with Crippen molar-refractivity contribution in [3.05, 3.63) is 29.8 Å². The SMILES string of the molecule is COc1ccc(C(C)OC(C)=O)cc1. The summed E-state index contributed by atoms with van der Waals surface area (Å²) >= 11 is 0. The number of carbonyl (C=O) groups is 1. The Labute approximate surface area is 83.6 Å². The lowest BCUT2D eigenvalue weighted by Crippen LogP contribution is -2.04. The average molecular weight is 194 g/mol. The molecule has 0 bridgehead atoms. The van der Waals surface area contributed by atoms with Crippen molar-refractivity contribution >= 4 is 5.97 Å². The summed E-state index contributed by atoms with van der Waals surface area (Å²) in [7, 11) is 1.62. The summed E-state index contributed by atoms with van der Waals surface area (Å²) in [4.78, 5) is 10.7. The van der Waals surface area contributed by atoms with Crippen molar-refractivity contribution < 1.29 is 14.3 Å². The predicted molar refractivity (Wildman–Crippen MR) is 53.2 cm³/mol. The molecule has 0 saturated heterocycles. The second-order valence-electron chi connectivity index (χ2n) is 3.02. The molecule has 1 atom stereocenters. The molecule has 3 nitrogen and oxygen atoms in total. The Morgan fingerprint density at radius 3 is 2.29 bits per heavy atom. The maximum Gasteiger partial charge on any atom is 0.303 e. The monoisotopic (exact) mass is 194 g/mol. The fourth-order valence-electron chi connectivity index (χ4n) is 1.19. The summed E-state index contributed by atoms with van der Waals surface area (Å²) in [5, 5.41) is 0. The van der Waals surface area contributed by atoms with E-state index in [4.69, 9.17) is 9.47 Å². The summed E-state index contributed by atoms with van der Waals surface area (Å²) in [6.07, 6.45) is -0.210. The van der Waals surface area contributed by atoms with Crippen LogP contribution in [0.2, 0.25) is 0 Å². The predicted octanol–water partition coefficient (Wildman–Crippen LogP) is 2.32. The minimum atomic E-state index is -0.270. The van der Waals surface area contributed by atoms with Gasteiger partial charge in [0.25, 0.3) is 0 Å². The smallest absolute Gasteiger partial charge is 0.303 e. The summed E-state index contributed by atoms with van der Waals surface area (Å²) in [5.74, 6) is 0.525. The molecule has 14 heavy (non-hydrogen) atoms. The average Bonchev–Trinajstić information content (AvgIpc) is 2.17. The van der Waals surface area contributed by atoms with Gasteiger partial charge in [-0.05, 0) is 24.6 Å². The van der Waals surface area contributed by atoms with Crippen LogP contribution in [0.1, 0.15) is 25.5 Å². The molecule has 1 unspecified atom stereocenters. The Morgan fingerprint density at radius 1 is 1.29 bits per heavy atom. The van der Waals surface area contributed by atoms with Crippen molar-refractivity contribution in [1.82, 2.24) is 0 Å². The molecule has 0 N–H and O–H groups in total. The van der Waals surface area contributed by atoms with Gasteiger partial charge in [0, 0.05) is 6.92 Å². The van der Waals surface area contributed by atoms with Gasteiger partial charge in [-0.3, -0.25) is 4.79 Å². The van der Waals surface area contributed by atoms with E-state index in [0.717, 1.165) is 11.3 Å². The van der Waals surface area contributed by atoms with Crippen molar-refractivity contribution in [2.24, 2.45) is 0 Å². The third kappa shape index (κ3) is 2.76. The molecule has 0 aromatic heterocycles. The quantitative estimate of drug-likeness (QED) is 0.693. The van der Waals surface area contributed by atoms with Gasteiger partial charge in [0.15, 0.2) is 0 Å². The molecule has 0 heterocycles. The van der Waals surface area contributed by atoms with Gasteiger partial charge >= 0.3 is 5.97 Å². The second-order valence-corrected chi connectivity index (χ2v) is 3.02. The number of esters is 1. The first-order valence-electron chi connectivity index (χ1n) is 4.44. The molecule has 0 saturated carbocycles. The van der Waals surface area contributed by atoms with E-state index < -0.39 is 0 Å². The van der Waals surface area contributed by atoms with Crippen molar-refractivity contribution in [1.29, 1.82) is 0 Å². The Balaban J connectivity index is 2.71. The molecule has 0 aliphatic rings. The molecular weight excluding hydrogens is 180 g/mol. The van der Waals surface area contributed by atoms with Crippen LogP contribution in [-0.2, 0) is 9.53 Å². The lowest BCUT2D eigenvalue weighted by molar-refractivity contribution is -0.145. The van der Waals surface area contributed by atoms with Crippen molar-refractivity contribution in [3.8, 4) is 5.75 Å². The first-order valence-corrected chi connectivity index (χ1v) is 4.44. The normalized spacial score (nSPS) is 11.9. The number of methoxy groups -OCH3 is 1. The molecular formula is C11H14O3. The minimum absolute atomic E-state index is 0.210. The zero-order valence-electron chi connectivity index (χ0n) is 8.61. The van der Waals surface area contributed by atoms with Crippen LogP contribution in [0.3, 0.4) is 0 Å². The van der Waals surface area contributed by atoms with Crippen LogP contribution < -0.4 is 4.74 Å². The Kier molecular flexibility index (Phi) is 3.51. The third-order valence-electron chi connectivity index (χ3n) is 1.93. The first-order chi connectivity index (χ1) is 6.63. The number of benzene rings is 1. The van der Waals surface area contributed by atoms with Gasteiger partial charge in [-0.2, -0.15) is 0 Å². The van der Waals surface area contributed by atoms with Crippen LogP contribution in [-0.4, -0.2) is 13.1 Å². The number of ether oxygens (including phenoxy) is 2. The van der Waals surface area contributed by atoms with E-state index in [0.29, 0.717) is 0 Å². The number of rotatable bonds is 3. The Bertz CT molecular complexity index is 303. The van der Waals surface area contributed by atoms with E-state index in [2.05, 4.69) is 0 Å². The largest absolute Gasteiger partial charge is 0.497 e. The standard InChI is InChI=1S/C11H14O3/c1-8(14-9(2)12)10-4-6-11(13-3)7-5-10/h4-8H,1-3H3. The highest BCUT2D eigenvalue weighted by atomic mass is 16.5. The summed E-state index contributed by atoms with van der Waals surface area (Å²) < 4.78 is 10.1. The Hall–Kier alpha value is -1.51. The van der Waals surface area contributed by atoms with E-state index in [1.54, 1.807) is 7.11 Å². The van der Waals surface area contributed by atoms with Crippen LogP contribution in [0.5, 0.6) is 5.75 Å². The van der Waals surface area contributed by atoms with E-state index in [9.17, 15) is 4.79 Å². The molecule has 76 valence electrons. The summed E-state index contributed by atoms with van der Waals surface area (Å²) in [6, 6.07) is 7.45. The van der Waals surface area contributed by atoms with Gasteiger partial charge in [0.05, 0.1) is 7.11 Å². The van der Waals surface area contributed by atoms with Crippen molar-refractivity contribution in [2.75, 3.05) is 7.11 Å². The van der Waals surface area contributed by atoms with Gasteiger partial charge in [-0.15, -0.1) is 0 Å². The minimum Gasteiger partial charge on any atom is -0.497 e. The fraction of sp³-hybridized carbons (Fsp3) is 0.364. The molecule has 3 heteroatoms. The zero-order valence-corrected chi connectivity index (χ0v) is 8.61. The van der Waals surface area contributed by atoms with Gasteiger partial charge < -0.3 is 9.47 Å². The van der Waals surface area contributed by atoms with Crippen molar-refractivity contribution in [3.63, 3.8) is 0 Å². The van der Waals surface area contributed by atoms with Crippen LogP contribution >= 0.6 is 0 Å². The van der Waals surface area contributed by atoms with Gasteiger partial charge in [-0.25, -0.2) is 0 Å². The zero-order chi connectivity index (χ0) is 10.6. The Morgan fingerprint density at radius 2 is 1.86 bits per heavy atom. The van der Waals surface area contributed by atoms with E-state index in [1.165, 1.54) is 6.92 Å². The topological polar surface area (TPSA) is 35.5 Å². The molecule has 0 fully saturated rings. The molecule has 1 aromatic rings. The van der Waals surface area contributed by atoms with Gasteiger partial charge in [0.2, 0.25) is 0 Å². The van der Waals surface area contributed by atoms with E-state index >= 15 is 0 Å². The number of hydrogen-bond donors (Lipinski definition) is 0. The highest BCUT2D eigenvalue weighted by molar-refractivity contribution is 5.66. The maximum absolute atomic E-state index is 10.7. The molecule has 1 rings (SSSR count). The van der Waals surface area contributed by atoms with Gasteiger partial charge in [-0.1, -0.05) is 12.1 Å². The van der Waals surface area contributed by atoms with Crippen LogP contribution in [0.15, 0.2) is 24.3 Å². The molecule has 0 amide bonds. The molecule has 1 aromatic carbocycles. The van der Waals surface area contributed by atoms with Crippen LogP contribution in [0.25, 0.3) is 0 Å². The first kappa shape index (κ1) is 10.6. The highest BCUT2D eigenvalue weighted by Gasteiger charge is 2.07. The van der Waals surface area contributed by atoms with E-state index in [1.807, 2.05) is 31.2 Å². The lowest BCUT2D eigenvalue weighted by Gasteiger charge is -2.12. The second kappa shape index (κ2) is 4.65.